The van der Waals surface area contributed by atoms with Crippen LogP contribution in [0.1, 0.15) is 40.0 Å². The first-order valence-corrected chi connectivity index (χ1v) is 6.02. The third kappa shape index (κ3) is 7.77. The van der Waals surface area contributed by atoms with Gasteiger partial charge >= 0.3 is 0 Å². The zero-order valence-corrected chi connectivity index (χ0v) is 10.8. The van der Waals surface area contributed by atoms with Crippen molar-refractivity contribution in [2.24, 2.45) is 0 Å². The van der Waals surface area contributed by atoms with Crippen LogP contribution >= 0.6 is 0 Å². The number of hydrogen-bond donors (Lipinski definition) is 1. The van der Waals surface area contributed by atoms with Crippen LogP contribution in [-0.2, 0) is 9.47 Å². The van der Waals surface area contributed by atoms with Crippen LogP contribution in [0.5, 0.6) is 0 Å². The monoisotopic (exact) mass is 217 g/mol. The summed E-state index contributed by atoms with van der Waals surface area (Å²) < 4.78 is 10.9. The molecule has 0 aliphatic heterocycles. The van der Waals surface area contributed by atoms with E-state index >= 15 is 0 Å². The summed E-state index contributed by atoms with van der Waals surface area (Å²) in [6.45, 7) is 10.1. The molecule has 0 spiro atoms. The fourth-order valence-corrected chi connectivity index (χ4v) is 1.33. The summed E-state index contributed by atoms with van der Waals surface area (Å²) in [5, 5.41) is 3.41. The summed E-state index contributed by atoms with van der Waals surface area (Å²) in [5.74, 6) is 0. The van der Waals surface area contributed by atoms with Crippen LogP contribution < -0.4 is 5.32 Å². The molecule has 0 aliphatic carbocycles. The van der Waals surface area contributed by atoms with Crippen molar-refractivity contribution in [3.05, 3.63) is 0 Å². The molecular formula is C12H27NO2. The zero-order chi connectivity index (χ0) is 11.6. The van der Waals surface area contributed by atoms with Gasteiger partial charge in [-0.25, -0.2) is 0 Å². The molecule has 0 heterocycles. The van der Waals surface area contributed by atoms with Crippen LogP contribution in [0.4, 0.5) is 0 Å². The number of rotatable bonds is 10. The molecule has 0 saturated heterocycles. The van der Waals surface area contributed by atoms with Crippen molar-refractivity contribution in [1.82, 2.24) is 5.32 Å². The van der Waals surface area contributed by atoms with Crippen molar-refractivity contribution in [2.45, 2.75) is 45.6 Å². The van der Waals surface area contributed by atoms with Crippen molar-refractivity contribution in [1.29, 1.82) is 0 Å². The quantitative estimate of drug-likeness (QED) is 0.569. The smallest absolute Gasteiger partial charge is 0.0775 e. The summed E-state index contributed by atoms with van der Waals surface area (Å²) in [5.41, 5.74) is -0.0249. The van der Waals surface area contributed by atoms with Crippen molar-refractivity contribution in [2.75, 3.05) is 33.4 Å². The Bertz CT molecular complexity index is 142. The topological polar surface area (TPSA) is 30.5 Å². The fraction of sp³-hybridized carbons (Fsp3) is 1.00. The highest BCUT2D eigenvalue weighted by Crippen LogP contribution is 2.14. The van der Waals surface area contributed by atoms with Gasteiger partial charge in [0.05, 0.1) is 5.60 Å². The first kappa shape index (κ1) is 14.9. The summed E-state index contributed by atoms with van der Waals surface area (Å²) >= 11 is 0. The lowest BCUT2D eigenvalue weighted by Crippen LogP contribution is -2.40. The van der Waals surface area contributed by atoms with E-state index in [0.717, 1.165) is 39.1 Å². The predicted octanol–water partition coefficient (Wildman–Crippen LogP) is 2.21. The molecule has 0 rings (SSSR count). The Morgan fingerprint density at radius 3 is 2.47 bits per heavy atom. The Kier molecular flexibility index (Phi) is 9.06. The van der Waals surface area contributed by atoms with Crippen LogP contribution in [0.15, 0.2) is 0 Å². The van der Waals surface area contributed by atoms with Gasteiger partial charge in [0.2, 0.25) is 0 Å². The van der Waals surface area contributed by atoms with Gasteiger partial charge in [-0.1, -0.05) is 13.8 Å². The number of ether oxygens (including phenoxy) is 2. The number of nitrogens with one attached hydrogen (secondary N) is 1. The van der Waals surface area contributed by atoms with Gasteiger partial charge in [-0.15, -0.1) is 0 Å². The van der Waals surface area contributed by atoms with E-state index in [9.17, 15) is 0 Å². The number of hydrogen-bond acceptors (Lipinski definition) is 3. The van der Waals surface area contributed by atoms with Gasteiger partial charge in [0, 0.05) is 26.9 Å². The highest BCUT2D eigenvalue weighted by atomic mass is 16.5. The van der Waals surface area contributed by atoms with E-state index in [2.05, 4.69) is 26.1 Å². The van der Waals surface area contributed by atoms with E-state index in [1.165, 1.54) is 6.42 Å². The maximum Gasteiger partial charge on any atom is 0.0775 e. The standard InChI is InChI=1S/C12H27NO2/c1-5-8-13-11-12(3,6-2)15-10-7-9-14-4/h13H,5-11H2,1-4H3. The lowest BCUT2D eigenvalue weighted by atomic mass is 10.0. The SMILES string of the molecule is CCCNCC(C)(CC)OCCCOC. The molecule has 0 aromatic carbocycles. The van der Waals surface area contributed by atoms with Crippen LogP contribution in [0.25, 0.3) is 0 Å². The van der Waals surface area contributed by atoms with E-state index in [4.69, 9.17) is 9.47 Å². The molecule has 0 radical (unpaired) electrons. The molecule has 1 unspecified atom stereocenters. The van der Waals surface area contributed by atoms with E-state index in [0.29, 0.717) is 0 Å². The average Bonchev–Trinajstić information content (AvgIpc) is 2.25. The maximum atomic E-state index is 5.88. The van der Waals surface area contributed by atoms with E-state index < -0.39 is 0 Å². The van der Waals surface area contributed by atoms with Gasteiger partial charge in [-0.2, -0.15) is 0 Å². The molecule has 15 heavy (non-hydrogen) atoms. The van der Waals surface area contributed by atoms with Crippen molar-refractivity contribution in [3.8, 4) is 0 Å². The lowest BCUT2D eigenvalue weighted by Gasteiger charge is -2.29. The molecule has 1 atom stereocenters. The maximum absolute atomic E-state index is 5.88. The predicted molar refractivity (Wildman–Crippen MR) is 64.3 cm³/mol. The van der Waals surface area contributed by atoms with Crippen molar-refractivity contribution >= 4 is 0 Å². The van der Waals surface area contributed by atoms with E-state index in [-0.39, 0.29) is 5.60 Å². The van der Waals surface area contributed by atoms with Crippen LogP contribution in [0.2, 0.25) is 0 Å². The molecule has 92 valence electrons. The minimum absolute atomic E-state index is 0.0249. The normalized spacial score (nSPS) is 15.2. The van der Waals surface area contributed by atoms with Crippen LogP contribution in [0, 0.1) is 0 Å². The summed E-state index contributed by atoms with van der Waals surface area (Å²) in [6.07, 6.45) is 3.18. The molecule has 0 amide bonds. The average molecular weight is 217 g/mol. The highest BCUT2D eigenvalue weighted by molar-refractivity contribution is 4.76. The third-order valence-corrected chi connectivity index (χ3v) is 2.62. The molecule has 1 N–H and O–H groups in total. The first-order valence-electron chi connectivity index (χ1n) is 6.02. The summed E-state index contributed by atoms with van der Waals surface area (Å²) in [4.78, 5) is 0. The van der Waals surface area contributed by atoms with Crippen molar-refractivity contribution in [3.63, 3.8) is 0 Å². The van der Waals surface area contributed by atoms with Gasteiger partial charge in [0.1, 0.15) is 0 Å². The second-order valence-electron chi connectivity index (χ2n) is 4.18. The Labute approximate surface area is 94.5 Å². The van der Waals surface area contributed by atoms with Gasteiger partial charge in [-0.05, 0) is 32.7 Å². The summed E-state index contributed by atoms with van der Waals surface area (Å²) in [7, 11) is 1.72. The molecule has 0 saturated carbocycles. The molecule has 0 aliphatic rings. The van der Waals surface area contributed by atoms with Crippen molar-refractivity contribution < 1.29 is 9.47 Å². The molecule has 0 aromatic rings. The molecule has 3 nitrogen and oxygen atoms in total. The minimum atomic E-state index is -0.0249. The Morgan fingerprint density at radius 1 is 1.20 bits per heavy atom. The minimum Gasteiger partial charge on any atom is -0.385 e. The van der Waals surface area contributed by atoms with Gasteiger partial charge < -0.3 is 14.8 Å². The zero-order valence-electron chi connectivity index (χ0n) is 10.8. The largest absolute Gasteiger partial charge is 0.385 e. The Morgan fingerprint density at radius 2 is 1.93 bits per heavy atom. The highest BCUT2D eigenvalue weighted by Gasteiger charge is 2.21. The molecular weight excluding hydrogens is 190 g/mol. The molecule has 0 fully saturated rings. The molecule has 0 bridgehead atoms. The Balaban J connectivity index is 3.65. The third-order valence-electron chi connectivity index (χ3n) is 2.62. The Hall–Kier alpha value is -0.120. The number of methoxy groups -OCH3 is 1. The fourth-order valence-electron chi connectivity index (χ4n) is 1.33. The van der Waals surface area contributed by atoms with Gasteiger partial charge in [-0.3, -0.25) is 0 Å². The second kappa shape index (κ2) is 9.13. The van der Waals surface area contributed by atoms with Crippen LogP contribution in [0.3, 0.4) is 0 Å². The molecule has 3 heteroatoms. The van der Waals surface area contributed by atoms with Gasteiger partial charge in [0.25, 0.3) is 0 Å². The van der Waals surface area contributed by atoms with Crippen LogP contribution in [-0.4, -0.2) is 39.0 Å². The lowest BCUT2D eigenvalue weighted by molar-refractivity contribution is -0.0391. The second-order valence-corrected chi connectivity index (χ2v) is 4.18. The van der Waals surface area contributed by atoms with E-state index in [1.54, 1.807) is 7.11 Å². The summed E-state index contributed by atoms with van der Waals surface area (Å²) in [6, 6.07) is 0. The van der Waals surface area contributed by atoms with Gasteiger partial charge in [0.15, 0.2) is 0 Å². The first-order chi connectivity index (χ1) is 7.18. The molecule has 0 aromatic heterocycles. The van der Waals surface area contributed by atoms with E-state index in [1.807, 2.05) is 0 Å².